The molecule has 3 fully saturated rings. The number of nitrogens with zero attached hydrogens (tertiary/aromatic N) is 1. The minimum Gasteiger partial charge on any atom is -0.490 e. The zero-order valence-electron chi connectivity index (χ0n) is 26.0. The first-order chi connectivity index (χ1) is 22.6. The third-order valence-corrected chi connectivity index (χ3v) is 11.7. The number of hydrogen-bond acceptors (Lipinski definition) is 4. The van der Waals surface area contributed by atoms with Crippen molar-refractivity contribution in [1.29, 1.82) is 0 Å². The van der Waals surface area contributed by atoms with E-state index in [0.717, 1.165) is 53.5 Å². The molecular formula is C37H38ClF2N3O3S. The summed E-state index contributed by atoms with van der Waals surface area (Å²) in [6.07, 6.45) is 5.36. The Hall–Kier alpha value is -3.50. The van der Waals surface area contributed by atoms with Gasteiger partial charge in [-0.2, -0.15) is 8.78 Å². The average Bonchev–Trinajstić information content (AvgIpc) is 3.84. The predicted octanol–water partition coefficient (Wildman–Crippen LogP) is 7.04. The SMILES string of the molecule is C=S(=O)(NC(C(=O)N1CCC2CNCC21)C(F)(F)c1ccc(-c2ccc(Cl)cc2)cc1)c1ccc2cc(OC3CCCC3)ccc2c1. The van der Waals surface area contributed by atoms with Gasteiger partial charge in [0.05, 0.1) is 15.8 Å². The van der Waals surface area contributed by atoms with Gasteiger partial charge in [0.15, 0.2) is 6.04 Å². The van der Waals surface area contributed by atoms with Crippen molar-refractivity contribution < 1.29 is 22.5 Å². The van der Waals surface area contributed by atoms with Gasteiger partial charge in [0.25, 0.3) is 5.92 Å². The summed E-state index contributed by atoms with van der Waals surface area (Å²) in [4.78, 5) is 15.9. The van der Waals surface area contributed by atoms with Gasteiger partial charge in [-0.25, -0.2) is 8.93 Å². The molecule has 10 heteroatoms. The molecule has 2 saturated heterocycles. The van der Waals surface area contributed by atoms with E-state index in [0.29, 0.717) is 18.1 Å². The van der Waals surface area contributed by atoms with Gasteiger partial charge in [-0.3, -0.25) is 4.79 Å². The second kappa shape index (κ2) is 12.8. The summed E-state index contributed by atoms with van der Waals surface area (Å²) in [6, 6.07) is 21.4. The number of hydrogen-bond donors (Lipinski definition) is 2. The molecule has 1 saturated carbocycles. The zero-order chi connectivity index (χ0) is 32.8. The van der Waals surface area contributed by atoms with Crippen LogP contribution in [0.3, 0.4) is 0 Å². The minimum atomic E-state index is -3.70. The van der Waals surface area contributed by atoms with Gasteiger partial charge in [0, 0.05) is 41.2 Å². The number of benzene rings is 4. The molecule has 2 aliphatic heterocycles. The lowest BCUT2D eigenvalue weighted by molar-refractivity contribution is -0.145. The Morgan fingerprint density at radius 2 is 1.60 bits per heavy atom. The van der Waals surface area contributed by atoms with Crippen molar-refractivity contribution in [2.75, 3.05) is 19.6 Å². The molecule has 246 valence electrons. The fourth-order valence-corrected chi connectivity index (χ4v) is 8.70. The van der Waals surface area contributed by atoms with Crippen LogP contribution in [0, 0.1) is 5.92 Å². The standard InChI is InChI=1S/C37H38ClF2N3O3S/c1-47(45,33-17-11-26-20-32(16-10-27(26)21-33)46-31-4-2-3-5-31)42-35(36(44)43-19-18-28-22-41-23-34(28)43)37(39,40)29-12-6-24(7-13-29)25-8-14-30(38)15-9-25/h6-17,20-21,28,31,34-35,41H,1-5,18-19,22-23H2,(H,42,45). The van der Waals surface area contributed by atoms with Gasteiger partial charge in [0.2, 0.25) is 5.91 Å². The summed E-state index contributed by atoms with van der Waals surface area (Å²) in [7, 11) is -3.56. The molecule has 3 aliphatic rings. The third-order valence-electron chi connectivity index (χ3n) is 9.86. The van der Waals surface area contributed by atoms with Crippen molar-refractivity contribution in [3.05, 3.63) is 95.5 Å². The highest BCUT2D eigenvalue weighted by Crippen LogP contribution is 2.38. The smallest absolute Gasteiger partial charge is 0.298 e. The van der Waals surface area contributed by atoms with Crippen LogP contribution < -0.4 is 14.8 Å². The molecule has 4 aromatic carbocycles. The van der Waals surface area contributed by atoms with Crippen LogP contribution in [0.25, 0.3) is 21.9 Å². The van der Waals surface area contributed by atoms with Crippen LogP contribution in [0.15, 0.2) is 89.8 Å². The van der Waals surface area contributed by atoms with E-state index in [1.54, 1.807) is 42.5 Å². The first-order valence-corrected chi connectivity index (χ1v) is 18.3. The van der Waals surface area contributed by atoms with Crippen LogP contribution in [0.4, 0.5) is 8.78 Å². The van der Waals surface area contributed by atoms with E-state index in [2.05, 4.69) is 15.9 Å². The van der Waals surface area contributed by atoms with Crippen LogP contribution in [-0.4, -0.2) is 58.7 Å². The molecule has 4 aromatic rings. The lowest BCUT2D eigenvalue weighted by Gasteiger charge is -2.34. The molecule has 0 radical (unpaired) electrons. The third kappa shape index (κ3) is 6.51. The molecule has 4 atom stereocenters. The number of nitrogens with one attached hydrogen (secondary N) is 2. The van der Waals surface area contributed by atoms with Crippen molar-refractivity contribution >= 4 is 43.9 Å². The van der Waals surface area contributed by atoms with Crippen molar-refractivity contribution in [1.82, 2.24) is 14.9 Å². The molecular weight excluding hydrogens is 640 g/mol. The van der Waals surface area contributed by atoms with E-state index < -0.39 is 27.6 Å². The molecule has 6 nitrogen and oxygen atoms in total. The number of fused-ring (bicyclic) bond motifs is 2. The first kappa shape index (κ1) is 32.1. The molecule has 7 rings (SSSR count). The fraction of sp³-hybridized carbons (Fsp3) is 0.351. The molecule has 2 N–H and O–H groups in total. The van der Waals surface area contributed by atoms with Crippen molar-refractivity contribution in [3.63, 3.8) is 0 Å². The Bertz CT molecular complexity index is 1880. The fourth-order valence-electron chi connectivity index (χ4n) is 7.20. The van der Waals surface area contributed by atoms with Crippen LogP contribution in [0.2, 0.25) is 5.02 Å². The summed E-state index contributed by atoms with van der Waals surface area (Å²) < 4.78 is 56.3. The maximum Gasteiger partial charge on any atom is 0.298 e. The van der Waals surface area contributed by atoms with Crippen LogP contribution in [-0.2, 0) is 20.4 Å². The Balaban J connectivity index is 1.19. The predicted molar refractivity (Wildman–Crippen MR) is 185 cm³/mol. The number of carbonyl (C=O) groups excluding carboxylic acids is 1. The Labute approximate surface area is 279 Å². The van der Waals surface area contributed by atoms with E-state index in [1.165, 1.54) is 29.9 Å². The molecule has 0 bridgehead atoms. The molecule has 1 amide bonds. The van der Waals surface area contributed by atoms with Gasteiger partial charge in [-0.05, 0) is 102 Å². The summed E-state index contributed by atoms with van der Waals surface area (Å²) in [5.41, 5.74) is 1.19. The number of amides is 1. The summed E-state index contributed by atoms with van der Waals surface area (Å²) in [5.74, 6) is 0.372. The summed E-state index contributed by atoms with van der Waals surface area (Å²) >= 11 is 6.02. The van der Waals surface area contributed by atoms with Crippen LogP contribution in [0.5, 0.6) is 5.75 Å². The molecule has 47 heavy (non-hydrogen) atoms. The monoisotopic (exact) mass is 677 g/mol. The number of ether oxygens (including phenoxy) is 1. The van der Waals surface area contributed by atoms with E-state index in [9.17, 15) is 9.00 Å². The topological polar surface area (TPSA) is 70.7 Å². The Kier molecular flexibility index (Phi) is 8.76. The average molecular weight is 678 g/mol. The minimum absolute atomic E-state index is 0.183. The first-order valence-electron chi connectivity index (χ1n) is 16.2. The number of likely N-dealkylation sites (tertiary alicyclic amines) is 1. The zero-order valence-corrected chi connectivity index (χ0v) is 27.5. The largest absolute Gasteiger partial charge is 0.490 e. The lowest BCUT2D eigenvalue weighted by Crippen LogP contribution is -2.57. The quantitative estimate of drug-likeness (QED) is 0.187. The second-order valence-corrected chi connectivity index (χ2v) is 15.4. The van der Waals surface area contributed by atoms with Gasteiger partial charge in [-0.1, -0.05) is 60.1 Å². The van der Waals surface area contributed by atoms with Crippen LogP contribution >= 0.6 is 11.6 Å². The van der Waals surface area contributed by atoms with Gasteiger partial charge >= 0.3 is 0 Å². The Morgan fingerprint density at radius 3 is 2.32 bits per heavy atom. The molecule has 2 heterocycles. The number of alkyl halides is 2. The lowest BCUT2D eigenvalue weighted by atomic mass is 9.97. The van der Waals surface area contributed by atoms with Crippen molar-refractivity contribution in [2.45, 2.75) is 61.1 Å². The second-order valence-electron chi connectivity index (χ2n) is 12.9. The highest BCUT2D eigenvalue weighted by atomic mass is 35.5. The van der Waals surface area contributed by atoms with E-state index in [1.807, 2.05) is 30.3 Å². The molecule has 1 aliphatic carbocycles. The Morgan fingerprint density at radius 1 is 0.936 bits per heavy atom. The highest BCUT2D eigenvalue weighted by molar-refractivity contribution is 7.98. The molecule has 0 spiro atoms. The highest BCUT2D eigenvalue weighted by Gasteiger charge is 2.52. The van der Waals surface area contributed by atoms with Crippen molar-refractivity contribution in [2.24, 2.45) is 5.92 Å². The van der Waals surface area contributed by atoms with E-state index >= 15 is 8.78 Å². The van der Waals surface area contributed by atoms with Gasteiger partial charge < -0.3 is 15.0 Å². The molecule has 0 aromatic heterocycles. The van der Waals surface area contributed by atoms with Crippen LogP contribution in [0.1, 0.15) is 37.7 Å². The van der Waals surface area contributed by atoms with Crippen molar-refractivity contribution in [3.8, 4) is 16.9 Å². The number of halogens is 3. The number of carbonyl (C=O) groups is 1. The number of rotatable bonds is 9. The van der Waals surface area contributed by atoms with E-state index in [-0.39, 0.29) is 28.5 Å². The van der Waals surface area contributed by atoms with Gasteiger partial charge in [0.1, 0.15) is 5.75 Å². The normalized spacial score (nSPS) is 21.9. The van der Waals surface area contributed by atoms with E-state index in [4.69, 9.17) is 16.3 Å². The van der Waals surface area contributed by atoms with Gasteiger partial charge in [-0.15, -0.1) is 0 Å². The summed E-state index contributed by atoms with van der Waals surface area (Å²) in [6.45, 7) is 1.66. The maximum atomic E-state index is 16.7. The maximum absolute atomic E-state index is 16.7. The summed E-state index contributed by atoms with van der Waals surface area (Å²) in [5, 5.41) is 5.49. The molecule has 4 unspecified atom stereocenters.